The third kappa shape index (κ3) is 6.43. The number of fused-ring (bicyclic) bond motifs is 1. The number of likely N-dealkylation sites (tertiary alicyclic amines) is 1. The fourth-order valence-corrected chi connectivity index (χ4v) is 5.48. The Morgan fingerprint density at radius 3 is 2.61 bits per heavy atom. The van der Waals surface area contributed by atoms with Crippen LogP contribution in [-0.2, 0) is 24.4 Å². The summed E-state index contributed by atoms with van der Waals surface area (Å²) < 4.78 is 7.95. The molecule has 1 saturated heterocycles. The van der Waals surface area contributed by atoms with E-state index in [1.54, 1.807) is 4.68 Å². The van der Waals surface area contributed by atoms with E-state index in [-0.39, 0.29) is 5.91 Å². The van der Waals surface area contributed by atoms with Crippen LogP contribution in [0.3, 0.4) is 0 Å². The highest BCUT2D eigenvalue weighted by Gasteiger charge is 2.24. The lowest BCUT2D eigenvalue weighted by Gasteiger charge is -2.32. The number of hydrogen-bond acceptors (Lipinski definition) is 4. The molecule has 6 heteroatoms. The number of carbonyl (C=O) groups is 1. The van der Waals surface area contributed by atoms with Crippen molar-refractivity contribution >= 4 is 16.7 Å². The number of rotatable bonds is 9. The highest BCUT2D eigenvalue weighted by molar-refractivity contribution is 5.85. The molecule has 0 bridgehead atoms. The van der Waals surface area contributed by atoms with Gasteiger partial charge in [0.1, 0.15) is 12.3 Å². The number of amides is 1. The molecular formula is C32H38N4O2. The SMILES string of the molecule is Cc1cc(C)n(CC(=O)N2CCCC(COc3ccc(CN(C)Cc4cccc5ccccc45)cc3)C2)n1. The second-order valence-corrected chi connectivity index (χ2v) is 10.7. The molecule has 4 aromatic rings. The summed E-state index contributed by atoms with van der Waals surface area (Å²) in [6.45, 7) is 8.22. The van der Waals surface area contributed by atoms with Crippen LogP contribution in [0.4, 0.5) is 0 Å². The van der Waals surface area contributed by atoms with Crippen molar-refractivity contribution < 1.29 is 9.53 Å². The molecule has 3 aromatic carbocycles. The Hall–Kier alpha value is -3.64. The first-order chi connectivity index (χ1) is 18.4. The zero-order valence-electron chi connectivity index (χ0n) is 22.8. The molecule has 1 atom stereocenters. The molecule has 1 unspecified atom stereocenters. The average Bonchev–Trinajstić information content (AvgIpc) is 3.24. The van der Waals surface area contributed by atoms with Gasteiger partial charge in [0, 0.05) is 37.8 Å². The fourth-order valence-electron chi connectivity index (χ4n) is 5.48. The Bertz CT molecular complexity index is 1370. The van der Waals surface area contributed by atoms with E-state index in [9.17, 15) is 4.79 Å². The smallest absolute Gasteiger partial charge is 0.244 e. The van der Waals surface area contributed by atoms with E-state index >= 15 is 0 Å². The summed E-state index contributed by atoms with van der Waals surface area (Å²) in [4.78, 5) is 17.2. The highest BCUT2D eigenvalue weighted by atomic mass is 16.5. The zero-order chi connectivity index (χ0) is 26.5. The van der Waals surface area contributed by atoms with Crippen LogP contribution in [-0.4, -0.2) is 52.2 Å². The van der Waals surface area contributed by atoms with E-state index in [0.717, 1.165) is 56.2 Å². The molecule has 5 rings (SSSR count). The molecule has 0 N–H and O–H groups in total. The van der Waals surface area contributed by atoms with Crippen molar-refractivity contribution in [3.63, 3.8) is 0 Å². The number of aryl methyl sites for hydroxylation is 2. The zero-order valence-corrected chi connectivity index (χ0v) is 22.8. The van der Waals surface area contributed by atoms with Crippen molar-refractivity contribution in [2.75, 3.05) is 26.7 Å². The summed E-state index contributed by atoms with van der Waals surface area (Å²) in [5.74, 6) is 1.37. The molecule has 1 aromatic heterocycles. The van der Waals surface area contributed by atoms with Crippen molar-refractivity contribution in [2.24, 2.45) is 5.92 Å². The van der Waals surface area contributed by atoms with Gasteiger partial charge in [-0.3, -0.25) is 14.4 Å². The molecule has 198 valence electrons. The van der Waals surface area contributed by atoms with Gasteiger partial charge in [0.05, 0.1) is 12.3 Å². The molecule has 1 aliphatic heterocycles. The largest absolute Gasteiger partial charge is 0.493 e. The van der Waals surface area contributed by atoms with E-state index in [4.69, 9.17) is 4.74 Å². The first-order valence-electron chi connectivity index (χ1n) is 13.6. The normalized spacial score (nSPS) is 15.8. The number of ether oxygens (including phenoxy) is 1. The monoisotopic (exact) mass is 510 g/mol. The summed E-state index contributed by atoms with van der Waals surface area (Å²) in [6, 6.07) is 25.5. The molecule has 0 radical (unpaired) electrons. The number of benzene rings is 3. The molecule has 2 heterocycles. The van der Waals surface area contributed by atoms with E-state index in [0.29, 0.717) is 19.1 Å². The van der Waals surface area contributed by atoms with Gasteiger partial charge >= 0.3 is 0 Å². The quantitative estimate of drug-likeness (QED) is 0.294. The van der Waals surface area contributed by atoms with Crippen LogP contribution in [0, 0.1) is 19.8 Å². The molecule has 1 fully saturated rings. The Morgan fingerprint density at radius 1 is 1.03 bits per heavy atom. The van der Waals surface area contributed by atoms with Crippen LogP contribution in [0.1, 0.15) is 35.4 Å². The van der Waals surface area contributed by atoms with Gasteiger partial charge in [-0.2, -0.15) is 5.10 Å². The van der Waals surface area contributed by atoms with Gasteiger partial charge in [-0.1, -0.05) is 54.6 Å². The predicted octanol–water partition coefficient (Wildman–Crippen LogP) is 5.60. The maximum atomic E-state index is 12.9. The molecule has 1 aliphatic rings. The topological polar surface area (TPSA) is 50.6 Å². The number of piperidine rings is 1. The molecule has 0 spiro atoms. The van der Waals surface area contributed by atoms with Crippen molar-refractivity contribution in [3.8, 4) is 5.75 Å². The van der Waals surface area contributed by atoms with Gasteiger partial charge in [0.25, 0.3) is 0 Å². The summed E-state index contributed by atoms with van der Waals surface area (Å²) in [7, 11) is 2.16. The van der Waals surface area contributed by atoms with Crippen molar-refractivity contribution in [2.45, 2.75) is 46.3 Å². The lowest BCUT2D eigenvalue weighted by atomic mass is 9.99. The highest BCUT2D eigenvalue weighted by Crippen LogP contribution is 2.22. The van der Waals surface area contributed by atoms with Crippen molar-refractivity contribution in [3.05, 3.63) is 95.3 Å². The van der Waals surface area contributed by atoms with Crippen LogP contribution in [0.2, 0.25) is 0 Å². The Labute approximate surface area is 225 Å². The minimum absolute atomic E-state index is 0.137. The summed E-state index contributed by atoms with van der Waals surface area (Å²) in [5, 5.41) is 7.04. The number of aromatic nitrogens is 2. The molecule has 6 nitrogen and oxygen atoms in total. The van der Waals surface area contributed by atoms with E-state index in [2.05, 4.69) is 83.8 Å². The van der Waals surface area contributed by atoms with Gasteiger partial charge in [0.2, 0.25) is 5.91 Å². The van der Waals surface area contributed by atoms with Crippen molar-refractivity contribution in [1.82, 2.24) is 19.6 Å². The molecule has 0 saturated carbocycles. The first-order valence-corrected chi connectivity index (χ1v) is 13.6. The Kier molecular flexibility index (Phi) is 8.08. The third-order valence-corrected chi connectivity index (χ3v) is 7.44. The van der Waals surface area contributed by atoms with Crippen LogP contribution >= 0.6 is 0 Å². The Morgan fingerprint density at radius 2 is 1.82 bits per heavy atom. The second-order valence-electron chi connectivity index (χ2n) is 10.7. The molecular weight excluding hydrogens is 472 g/mol. The third-order valence-electron chi connectivity index (χ3n) is 7.44. The van der Waals surface area contributed by atoms with Crippen LogP contribution in [0.25, 0.3) is 10.8 Å². The number of hydrogen-bond donors (Lipinski definition) is 0. The molecule has 1 amide bonds. The molecule has 0 aliphatic carbocycles. The van der Waals surface area contributed by atoms with Crippen LogP contribution < -0.4 is 4.74 Å². The minimum Gasteiger partial charge on any atom is -0.493 e. The van der Waals surface area contributed by atoms with Crippen LogP contribution in [0.15, 0.2) is 72.8 Å². The predicted molar refractivity (Wildman–Crippen MR) is 152 cm³/mol. The summed E-state index contributed by atoms with van der Waals surface area (Å²) in [6.07, 6.45) is 2.10. The van der Waals surface area contributed by atoms with Gasteiger partial charge in [-0.25, -0.2) is 0 Å². The standard InChI is InChI=1S/C32H38N4O2/c1-24-18-25(2)36(33-24)22-32(37)35-17-7-8-27(20-35)23-38-30-15-13-26(14-16-30)19-34(3)21-29-11-6-10-28-9-4-5-12-31(28)29/h4-6,9-16,18,27H,7-8,17,19-23H2,1-3H3. The summed E-state index contributed by atoms with van der Waals surface area (Å²) in [5.41, 5.74) is 4.58. The maximum absolute atomic E-state index is 12.9. The first kappa shape index (κ1) is 26.0. The Balaban J connectivity index is 1.10. The minimum atomic E-state index is 0.137. The fraction of sp³-hybridized carbons (Fsp3) is 0.375. The lowest BCUT2D eigenvalue weighted by Crippen LogP contribution is -2.43. The van der Waals surface area contributed by atoms with Gasteiger partial charge in [-0.05, 0) is 73.8 Å². The lowest BCUT2D eigenvalue weighted by molar-refractivity contribution is -0.134. The summed E-state index contributed by atoms with van der Waals surface area (Å²) >= 11 is 0. The number of nitrogens with zero attached hydrogens (tertiary/aromatic N) is 4. The van der Waals surface area contributed by atoms with E-state index in [1.807, 2.05) is 24.8 Å². The van der Waals surface area contributed by atoms with Gasteiger partial charge in [0.15, 0.2) is 0 Å². The van der Waals surface area contributed by atoms with Crippen LogP contribution in [0.5, 0.6) is 5.75 Å². The van der Waals surface area contributed by atoms with E-state index in [1.165, 1.54) is 21.9 Å². The molecule has 38 heavy (non-hydrogen) atoms. The second kappa shape index (κ2) is 11.8. The number of carbonyl (C=O) groups excluding carboxylic acids is 1. The van der Waals surface area contributed by atoms with Gasteiger partial charge in [-0.15, -0.1) is 0 Å². The van der Waals surface area contributed by atoms with E-state index < -0.39 is 0 Å². The maximum Gasteiger partial charge on any atom is 0.244 e. The van der Waals surface area contributed by atoms with Crippen molar-refractivity contribution in [1.29, 1.82) is 0 Å². The average molecular weight is 511 g/mol. The van der Waals surface area contributed by atoms with Gasteiger partial charge < -0.3 is 9.64 Å².